The number of aromatic nitrogens is 4. The molecule has 1 saturated heterocycles. The van der Waals surface area contributed by atoms with Gasteiger partial charge in [-0.2, -0.15) is 0 Å². The van der Waals surface area contributed by atoms with Crippen LogP contribution in [0.5, 0.6) is 0 Å². The van der Waals surface area contributed by atoms with Crippen molar-refractivity contribution in [2.75, 3.05) is 32.7 Å². The second kappa shape index (κ2) is 9.28. The van der Waals surface area contributed by atoms with Gasteiger partial charge in [0, 0.05) is 13.0 Å². The summed E-state index contributed by atoms with van der Waals surface area (Å²) in [4.78, 5) is 3.30. The first-order valence-electron chi connectivity index (χ1n) is 9.56. The van der Waals surface area contributed by atoms with Gasteiger partial charge in [-0.15, -0.1) is 5.10 Å². The van der Waals surface area contributed by atoms with E-state index in [4.69, 9.17) is 0 Å². The Balaban J connectivity index is 2.09. The summed E-state index contributed by atoms with van der Waals surface area (Å²) >= 11 is 0. The molecule has 0 unspecified atom stereocenters. The van der Waals surface area contributed by atoms with Crippen molar-refractivity contribution in [3.63, 3.8) is 0 Å². The highest BCUT2D eigenvalue weighted by Crippen LogP contribution is 2.17. The van der Waals surface area contributed by atoms with Crippen LogP contribution in [-0.2, 0) is 6.54 Å². The molecule has 6 nitrogen and oxygen atoms in total. The van der Waals surface area contributed by atoms with E-state index >= 15 is 0 Å². The zero-order chi connectivity index (χ0) is 17.5. The van der Waals surface area contributed by atoms with Crippen molar-refractivity contribution < 1.29 is 9.80 Å². The largest absolute Gasteiger partial charge is 0.322 e. The van der Waals surface area contributed by atoms with Crippen LogP contribution in [0.2, 0.25) is 0 Å². The molecule has 0 bridgehead atoms. The Morgan fingerprint density at radius 3 is 2.42 bits per heavy atom. The lowest BCUT2D eigenvalue weighted by Crippen LogP contribution is -3.28. The average Bonchev–Trinajstić information content (AvgIpc) is 3.00. The van der Waals surface area contributed by atoms with Crippen LogP contribution in [0.15, 0.2) is 12.7 Å². The smallest absolute Gasteiger partial charge is 0.209 e. The van der Waals surface area contributed by atoms with Gasteiger partial charge in [-0.3, -0.25) is 0 Å². The number of nitrogens with one attached hydrogen (secondary N) is 2. The van der Waals surface area contributed by atoms with Gasteiger partial charge in [-0.25, -0.2) is 4.68 Å². The first-order chi connectivity index (χ1) is 11.5. The lowest BCUT2D eigenvalue weighted by atomic mass is 10.0. The molecule has 2 N–H and O–H groups in total. The Kier molecular flexibility index (Phi) is 7.37. The quantitative estimate of drug-likeness (QED) is 0.613. The van der Waals surface area contributed by atoms with Crippen molar-refractivity contribution in [3.05, 3.63) is 18.5 Å². The molecule has 136 valence electrons. The van der Waals surface area contributed by atoms with E-state index < -0.39 is 0 Å². The van der Waals surface area contributed by atoms with Gasteiger partial charge >= 0.3 is 0 Å². The van der Waals surface area contributed by atoms with Crippen LogP contribution in [0.1, 0.15) is 52.4 Å². The van der Waals surface area contributed by atoms with E-state index in [2.05, 4.69) is 54.5 Å². The molecular formula is C18H36N6+2. The lowest BCUT2D eigenvalue weighted by Gasteiger charge is -2.34. The van der Waals surface area contributed by atoms with Gasteiger partial charge in [0.1, 0.15) is 26.2 Å². The van der Waals surface area contributed by atoms with E-state index in [9.17, 15) is 0 Å². The Hall–Kier alpha value is -1.27. The molecule has 0 aliphatic carbocycles. The molecule has 1 atom stereocenters. The highest BCUT2D eigenvalue weighted by Gasteiger charge is 2.34. The molecule has 1 aromatic heterocycles. The van der Waals surface area contributed by atoms with Gasteiger partial charge in [0.05, 0.1) is 6.54 Å². The molecule has 0 saturated carbocycles. The maximum atomic E-state index is 4.44. The number of piperazine rings is 1. The van der Waals surface area contributed by atoms with Gasteiger partial charge in [0.25, 0.3) is 0 Å². The molecule has 2 rings (SSSR count). The average molecular weight is 337 g/mol. The molecular weight excluding hydrogens is 300 g/mol. The summed E-state index contributed by atoms with van der Waals surface area (Å²) in [6.07, 6.45) is 4.31. The summed E-state index contributed by atoms with van der Waals surface area (Å²) in [5, 5.41) is 12.7. The molecule has 0 spiro atoms. The summed E-state index contributed by atoms with van der Waals surface area (Å²) in [7, 11) is 0. The molecule has 6 heteroatoms. The minimum Gasteiger partial charge on any atom is -0.322 e. The highest BCUT2D eigenvalue weighted by atomic mass is 15.5. The fraction of sp³-hybridized carbons (Fsp3) is 0.833. The van der Waals surface area contributed by atoms with Crippen LogP contribution in [0, 0.1) is 11.8 Å². The lowest BCUT2D eigenvalue weighted by molar-refractivity contribution is -1.03. The summed E-state index contributed by atoms with van der Waals surface area (Å²) in [5.41, 5.74) is 0. The zero-order valence-corrected chi connectivity index (χ0v) is 16.0. The minimum atomic E-state index is 0.414. The van der Waals surface area contributed by atoms with Crippen molar-refractivity contribution in [3.8, 4) is 0 Å². The fourth-order valence-corrected chi connectivity index (χ4v) is 3.61. The first kappa shape index (κ1) is 19.1. The number of quaternary nitrogens is 2. The third-order valence-corrected chi connectivity index (χ3v) is 5.02. The van der Waals surface area contributed by atoms with Crippen molar-refractivity contribution in [2.45, 2.75) is 53.1 Å². The standard InChI is InChI=1S/C18H34N6/c1-6-8-22-10-12-23(13-11-22)17(14-16(4)5)18-19-20-21-24(18)9-7-15(2)3/h6,15-17H,1,7-14H2,2-5H3/p+2/t17-/m1/s1. The molecule has 0 amide bonds. The molecule has 1 aliphatic heterocycles. The van der Waals surface area contributed by atoms with Crippen molar-refractivity contribution >= 4 is 0 Å². The van der Waals surface area contributed by atoms with E-state index in [1.165, 1.54) is 26.2 Å². The van der Waals surface area contributed by atoms with Gasteiger partial charge < -0.3 is 9.80 Å². The van der Waals surface area contributed by atoms with Gasteiger partial charge in [-0.1, -0.05) is 34.3 Å². The predicted octanol–water partition coefficient (Wildman–Crippen LogP) is -0.224. The van der Waals surface area contributed by atoms with Crippen molar-refractivity contribution in [1.82, 2.24) is 20.2 Å². The molecule has 1 aromatic rings. The second-order valence-electron chi connectivity index (χ2n) is 8.03. The topological polar surface area (TPSA) is 52.5 Å². The highest BCUT2D eigenvalue weighted by molar-refractivity contribution is 4.88. The third-order valence-electron chi connectivity index (χ3n) is 5.02. The van der Waals surface area contributed by atoms with E-state index in [0.717, 1.165) is 31.8 Å². The minimum absolute atomic E-state index is 0.414. The molecule has 2 heterocycles. The number of nitrogens with zero attached hydrogens (tertiary/aromatic N) is 4. The molecule has 0 aromatic carbocycles. The molecule has 24 heavy (non-hydrogen) atoms. The monoisotopic (exact) mass is 336 g/mol. The van der Waals surface area contributed by atoms with E-state index in [1.807, 2.05) is 6.08 Å². The van der Waals surface area contributed by atoms with Crippen molar-refractivity contribution in [2.24, 2.45) is 11.8 Å². The van der Waals surface area contributed by atoms with E-state index in [-0.39, 0.29) is 0 Å². The Morgan fingerprint density at radius 1 is 1.12 bits per heavy atom. The number of aryl methyl sites for hydroxylation is 1. The van der Waals surface area contributed by atoms with Gasteiger partial charge in [0.2, 0.25) is 5.82 Å². The van der Waals surface area contributed by atoms with Crippen molar-refractivity contribution in [1.29, 1.82) is 0 Å². The summed E-state index contributed by atoms with van der Waals surface area (Å²) in [5.74, 6) is 2.41. The first-order valence-corrected chi connectivity index (χ1v) is 9.56. The van der Waals surface area contributed by atoms with Crippen LogP contribution in [0.25, 0.3) is 0 Å². The van der Waals surface area contributed by atoms with Gasteiger partial charge in [-0.05, 0) is 34.8 Å². The van der Waals surface area contributed by atoms with Crippen LogP contribution < -0.4 is 9.80 Å². The normalized spacial score (nSPS) is 22.9. The van der Waals surface area contributed by atoms with Crippen LogP contribution in [0.3, 0.4) is 0 Å². The number of tetrazole rings is 1. The van der Waals surface area contributed by atoms with Gasteiger partial charge in [0.15, 0.2) is 6.04 Å². The molecule has 0 radical (unpaired) electrons. The molecule has 1 aliphatic rings. The van der Waals surface area contributed by atoms with E-state index in [1.54, 1.807) is 9.80 Å². The maximum absolute atomic E-state index is 4.44. The maximum Gasteiger partial charge on any atom is 0.209 e. The van der Waals surface area contributed by atoms with Crippen LogP contribution >= 0.6 is 0 Å². The number of hydrogen-bond donors (Lipinski definition) is 2. The third kappa shape index (κ3) is 5.38. The Bertz CT molecular complexity index is 487. The second-order valence-corrected chi connectivity index (χ2v) is 8.03. The Morgan fingerprint density at radius 2 is 1.83 bits per heavy atom. The Labute approximate surface area is 146 Å². The fourth-order valence-electron chi connectivity index (χ4n) is 3.61. The molecule has 1 fully saturated rings. The summed E-state index contributed by atoms with van der Waals surface area (Å²) in [6.45, 7) is 19.8. The zero-order valence-electron chi connectivity index (χ0n) is 16.0. The summed E-state index contributed by atoms with van der Waals surface area (Å²) < 4.78 is 2.06. The predicted molar refractivity (Wildman–Crippen MR) is 95.9 cm³/mol. The van der Waals surface area contributed by atoms with Crippen LogP contribution in [-0.4, -0.2) is 52.9 Å². The number of hydrogen-bond acceptors (Lipinski definition) is 3. The van der Waals surface area contributed by atoms with Crippen LogP contribution in [0.4, 0.5) is 0 Å². The van der Waals surface area contributed by atoms with E-state index in [0.29, 0.717) is 17.9 Å². The summed E-state index contributed by atoms with van der Waals surface area (Å²) in [6, 6.07) is 0.414. The number of rotatable bonds is 9. The SMILES string of the molecule is C=CC[NH+]1CC[NH+]([C@H](CC(C)C)c2nnnn2CCC(C)C)CC1.